The smallest absolute Gasteiger partial charge is 0.155 e. The van der Waals surface area contributed by atoms with E-state index >= 15 is 0 Å². The molecule has 0 aliphatic rings. The molecule has 0 spiro atoms. The van der Waals surface area contributed by atoms with Crippen LogP contribution < -0.4 is 5.32 Å². The summed E-state index contributed by atoms with van der Waals surface area (Å²) in [4.78, 5) is 0. The number of hydrogen-bond donors (Lipinski definition) is 1. The van der Waals surface area contributed by atoms with Crippen LogP contribution in [-0.2, 0) is 0 Å². The SMILES string of the molecule is Cc1c(Cl)nnc(NC(C)CC(C)C)c1C. The molecule has 16 heavy (non-hydrogen) atoms. The summed E-state index contributed by atoms with van der Waals surface area (Å²) < 4.78 is 0. The minimum Gasteiger partial charge on any atom is -0.366 e. The lowest BCUT2D eigenvalue weighted by Crippen LogP contribution is -2.19. The topological polar surface area (TPSA) is 37.8 Å². The molecule has 1 unspecified atom stereocenters. The highest BCUT2D eigenvalue weighted by atomic mass is 35.5. The maximum absolute atomic E-state index is 5.91. The van der Waals surface area contributed by atoms with Gasteiger partial charge in [0, 0.05) is 6.04 Å². The molecule has 0 aliphatic carbocycles. The Morgan fingerprint density at radius 2 is 1.75 bits per heavy atom. The molecule has 0 aliphatic heterocycles. The number of rotatable bonds is 4. The monoisotopic (exact) mass is 241 g/mol. The van der Waals surface area contributed by atoms with Crippen molar-refractivity contribution < 1.29 is 0 Å². The summed E-state index contributed by atoms with van der Waals surface area (Å²) >= 11 is 5.91. The molecular formula is C12H20ClN3. The van der Waals surface area contributed by atoms with Gasteiger partial charge in [0.05, 0.1) is 0 Å². The number of anilines is 1. The molecule has 1 N–H and O–H groups in total. The van der Waals surface area contributed by atoms with E-state index in [2.05, 4.69) is 36.3 Å². The van der Waals surface area contributed by atoms with Gasteiger partial charge in [-0.15, -0.1) is 10.2 Å². The molecule has 90 valence electrons. The van der Waals surface area contributed by atoms with Gasteiger partial charge < -0.3 is 5.32 Å². The average Bonchev–Trinajstić information content (AvgIpc) is 2.18. The summed E-state index contributed by atoms with van der Waals surface area (Å²) in [6.07, 6.45) is 1.11. The highest BCUT2D eigenvalue weighted by Gasteiger charge is 2.11. The minimum absolute atomic E-state index is 0.397. The first-order valence-electron chi connectivity index (χ1n) is 5.67. The fourth-order valence-electron chi connectivity index (χ4n) is 1.71. The van der Waals surface area contributed by atoms with E-state index < -0.39 is 0 Å². The molecule has 0 fully saturated rings. The predicted octanol–water partition coefficient (Wildman–Crippen LogP) is 3.59. The molecule has 0 radical (unpaired) electrons. The Hall–Kier alpha value is -0.830. The van der Waals surface area contributed by atoms with Gasteiger partial charge in [0.25, 0.3) is 0 Å². The Kier molecular flexibility index (Phi) is 4.54. The van der Waals surface area contributed by atoms with E-state index in [9.17, 15) is 0 Å². The highest BCUT2D eigenvalue weighted by molar-refractivity contribution is 6.30. The predicted molar refractivity (Wildman–Crippen MR) is 69.1 cm³/mol. The van der Waals surface area contributed by atoms with Gasteiger partial charge in [-0.1, -0.05) is 25.4 Å². The summed E-state index contributed by atoms with van der Waals surface area (Å²) in [5.41, 5.74) is 2.08. The lowest BCUT2D eigenvalue weighted by atomic mass is 10.1. The van der Waals surface area contributed by atoms with Crippen LogP contribution in [0.1, 0.15) is 38.3 Å². The summed E-state index contributed by atoms with van der Waals surface area (Å²) in [5.74, 6) is 1.51. The molecule has 1 atom stereocenters. The van der Waals surface area contributed by atoms with Crippen molar-refractivity contribution in [3.05, 3.63) is 16.3 Å². The first kappa shape index (κ1) is 13.2. The van der Waals surface area contributed by atoms with Crippen molar-refractivity contribution in [2.24, 2.45) is 5.92 Å². The quantitative estimate of drug-likeness (QED) is 0.876. The van der Waals surface area contributed by atoms with Crippen molar-refractivity contribution in [2.75, 3.05) is 5.32 Å². The maximum atomic E-state index is 5.91. The van der Waals surface area contributed by atoms with Crippen molar-refractivity contribution in [3.8, 4) is 0 Å². The van der Waals surface area contributed by atoms with Gasteiger partial charge in [0.2, 0.25) is 0 Å². The molecule has 0 bridgehead atoms. The maximum Gasteiger partial charge on any atom is 0.155 e. The standard InChI is InChI=1S/C12H20ClN3/c1-7(2)6-8(3)14-12-10(5)9(4)11(13)15-16-12/h7-8H,6H2,1-5H3,(H,14,16). The lowest BCUT2D eigenvalue weighted by Gasteiger charge is -2.18. The summed E-state index contributed by atoms with van der Waals surface area (Å²) in [5, 5.41) is 11.9. The number of hydrogen-bond acceptors (Lipinski definition) is 3. The second-order valence-corrected chi connectivity index (χ2v) is 5.12. The van der Waals surface area contributed by atoms with Crippen LogP contribution in [0.5, 0.6) is 0 Å². The molecule has 1 rings (SSSR count). The van der Waals surface area contributed by atoms with Gasteiger partial charge in [-0.3, -0.25) is 0 Å². The zero-order valence-electron chi connectivity index (χ0n) is 10.6. The van der Waals surface area contributed by atoms with Crippen molar-refractivity contribution in [1.82, 2.24) is 10.2 Å². The van der Waals surface area contributed by atoms with Crippen LogP contribution in [0.15, 0.2) is 0 Å². The first-order chi connectivity index (χ1) is 7.41. The van der Waals surface area contributed by atoms with E-state index in [-0.39, 0.29) is 0 Å². The van der Waals surface area contributed by atoms with Crippen LogP contribution in [0.4, 0.5) is 5.82 Å². The second kappa shape index (κ2) is 5.48. The molecule has 0 aromatic carbocycles. The van der Waals surface area contributed by atoms with Crippen molar-refractivity contribution in [3.63, 3.8) is 0 Å². The van der Waals surface area contributed by atoms with E-state index in [4.69, 9.17) is 11.6 Å². The van der Waals surface area contributed by atoms with Gasteiger partial charge in [0.1, 0.15) is 0 Å². The van der Waals surface area contributed by atoms with Gasteiger partial charge in [0.15, 0.2) is 11.0 Å². The van der Waals surface area contributed by atoms with E-state index in [1.54, 1.807) is 0 Å². The molecule has 0 amide bonds. The zero-order valence-corrected chi connectivity index (χ0v) is 11.4. The van der Waals surface area contributed by atoms with Crippen molar-refractivity contribution in [2.45, 2.75) is 47.1 Å². The normalized spacial score (nSPS) is 12.9. The Balaban J connectivity index is 2.78. The fraction of sp³-hybridized carbons (Fsp3) is 0.667. The Bertz CT molecular complexity index is 364. The molecule has 3 nitrogen and oxygen atoms in total. The summed E-state index contributed by atoms with van der Waals surface area (Å²) in [6.45, 7) is 10.6. The van der Waals surface area contributed by atoms with Crippen LogP contribution in [0.3, 0.4) is 0 Å². The van der Waals surface area contributed by atoms with Crippen LogP contribution in [0, 0.1) is 19.8 Å². The van der Waals surface area contributed by atoms with Crippen molar-refractivity contribution >= 4 is 17.4 Å². The van der Waals surface area contributed by atoms with E-state index in [1.807, 2.05) is 13.8 Å². The second-order valence-electron chi connectivity index (χ2n) is 4.76. The Morgan fingerprint density at radius 1 is 1.12 bits per heavy atom. The molecule has 0 saturated carbocycles. The van der Waals surface area contributed by atoms with Gasteiger partial charge >= 0.3 is 0 Å². The van der Waals surface area contributed by atoms with Crippen LogP contribution in [0.2, 0.25) is 5.15 Å². The van der Waals surface area contributed by atoms with E-state index in [1.165, 1.54) is 0 Å². The summed E-state index contributed by atoms with van der Waals surface area (Å²) in [6, 6.07) is 0.397. The molecule has 1 aromatic heterocycles. The molecule has 1 aromatic rings. The van der Waals surface area contributed by atoms with E-state index in [0.29, 0.717) is 17.1 Å². The third-order valence-electron chi connectivity index (χ3n) is 2.67. The third kappa shape index (κ3) is 3.34. The molecule has 4 heteroatoms. The molecule has 1 heterocycles. The Morgan fingerprint density at radius 3 is 2.31 bits per heavy atom. The summed E-state index contributed by atoms with van der Waals surface area (Å²) in [7, 11) is 0. The molecular weight excluding hydrogens is 222 g/mol. The van der Waals surface area contributed by atoms with Crippen molar-refractivity contribution in [1.29, 1.82) is 0 Å². The minimum atomic E-state index is 0.397. The number of nitrogens with zero attached hydrogens (tertiary/aromatic N) is 2. The fourth-order valence-corrected chi connectivity index (χ4v) is 1.89. The number of aromatic nitrogens is 2. The number of nitrogens with one attached hydrogen (secondary N) is 1. The third-order valence-corrected chi connectivity index (χ3v) is 3.03. The Labute approximate surface area is 103 Å². The molecule has 0 saturated heterocycles. The van der Waals surface area contributed by atoms with Crippen LogP contribution >= 0.6 is 11.6 Å². The number of halogens is 1. The van der Waals surface area contributed by atoms with Crippen LogP contribution in [-0.4, -0.2) is 16.2 Å². The average molecular weight is 242 g/mol. The highest BCUT2D eigenvalue weighted by Crippen LogP contribution is 2.21. The zero-order chi connectivity index (χ0) is 12.3. The van der Waals surface area contributed by atoms with Crippen LogP contribution in [0.25, 0.3) is 0 Å². The lowest BCUT2D eigenvalue weighted by molar-refractivity contribution is 0.538. The van der Waals surface area contributed by atoms with E-state index in [0.717, 1.165) is 23.4 Å². The van der Waals surface area contributed by atoms with Gasteiger partial charge in [-0.05, 0) is 44.2 Å². The van der Waals surface area contributed by atoms with Gasteiger partial charge in [-0.2, -0.15) is 0 Å². The largest absolute Gasteiger partial charge is 0.366 e. The van der Waals surface area contributed by atoms with Gasteiger partial charge in [-0.25, -0.2) is 0 Å². The first-order valence-corrected chi connectivity index (χ1v) is 6.05.